The predicted molar refractivity (Wildman–Crippen MR) is 131 cm³/mol. The van der Waals surface area contributed by atoms with Crippen molar-refractivity contribution in [2.24, 2.45) is 0 Å². The summed E-state index contributed by atoms with van der Waals surface area (Å²) in [4.78, 5) is 27.3. The first-order valence-corrected chi connectivity index (χ1v) is 11.9. The highest BCUT2D eigenvalue weighted by Gasteiger charge is 2.11. The molecule has 33 heavy (non-hydrogen) atoms. The Hall–Kier alpha value is -3.23. The van der Waals surface area contributed by atoms with Gasteiger partial charge in [0.05, 0.1) is 12.1 Å². The number of para-hydroxylation sites is 1. The highest BCUT2D eigenvalue weighted by Crippen LogP contribution is 2.20. The molecule has 1 amide bonds. The lowest BCUT2D eigenvalue weighted by Crippen LogP contribution is -2.12. The van der Waals surface area contributed by atoms with Gasteiger partial charge in [-0.1, -0.05) is 43.2 Å². The van der Waals surface area contributed by atoms with Gasteiger partial charge in [-0.2, -0.15) is 0 Å². The van der Waals surface area contributed by atoms with Gasteiger partial charge in [-0.3, -0.25) is 14.9 Å². The third kappa shape index (κ3) is 8.00. The van der Waals surface area contributed by atoms with E-state index in [1.807, 2.05) is 18.2 Å². The van der Waals surface area contributed by atoms with E-state index in [-0.39, 0.29) is 18.9 Å². The number of benzene rings is 2. The van der Waals surface area contributed by atoms with Gasteiger partial charge in [0, 0.05) is 29.8 Å². The van der Waals surface area contributed by atoms with Crippen LogP contribution in [0.1, 0.15) is 52.9 Å². The Bertz CT molecular complexity index is 1050. The fourth-order valence-electron chi connectivity index (χ4n) is 3.43. The van der Waals surface area contributed by atoms with E-state index >= 15 is 0 Å². The van der Waals surface area contributed by atoms with E-state index in [4.69, 9.17) is 10.2 Å². The second-order valence-corrected chi connectivity index (χ2v) is 8.62. The van der Waals surface area contributed by atoms with Crippen LogP contribution in [-0.4, -0.2) is 33.7 Å². The fraction of sp³-hybridized carbons (Fsp3) is 0.320. The van der Waals surface area contributed by atoms with E-state index in [0.717, 1.165) is 43.4 Å². The third-order valence-corrected chi connectivity index (χ3v) is 5.98. The van der Waals surface area contributed by atoms with E-state index in [1.165, 1.54) is 16.9 Å². The molecular weight excluding hydrogens is 438 g/mol. The molecular formula is C25H29N3O4S. The van der Waals surface area contributed by atoms with Crippen molar-refractivity contribution in [3.8, 4) is 0 Å². The number of carboxylic acid groups (broad SMARTS) is 1. The summed E-state index contributed by atoms with van der Waals surface area (Å²) in [5, 5.41) is 25.9. The molecule has 0 atom stereocenters. The number of aliphatic hydroxyl groups is 1. The lowest BCUT2D eigenvalue weighted by Gasteiger charge is -2.12. The standard InChI is InChI=1S/C25H29N3O4S/c29-14-6-2-1-3-7-19-8-4-5-9-22(19)26-16-18-10-12-20(13-11-18)24(32)28-25-27-21(17-33-25)15-23(30)31/h4-5,8-13,17,26,29H,1-3,6-7,14-16H2,(H,30,31)(H,27,28,32). The molecule has 0 bridgehead atoms. The number of unbranched alkanes of at least 4 members (excludes halogenated alkanes) is 3. The third-order valence-electron chi connectivity index (χ3n) is 5.18. The molecule has 0 saturated heterocycles. The van der Waals surface area contributed by atoms with Crippen molar-refractivity contribution in [1.82, 2.24) is 4.98 Å². The number of rotatable bonds is 13. The number of thiazole rings is 1. The molecule has 0 radical (unpaired) electrons. The topological polar surface area (TPSA) is 112 Å². The van der Waals surface area contributed by atoms with Crippen LogP contribution in [-0.2, 0) is 24.2 Å². The number of aliphatic hydroxyl groups excluding tert-OH is 1. The van der Waals surface area contributed by atoms with Crippen LogP contribution in [0.2, 0.25) is 0 Å². The zero-order chi connectivity index (χ0) is 23.5. The molecule has 0 aliphatic carbocycles. The molecule has 0 saturated carbocycles. The van der Waals surface area contributed by atoms with Crippen molar-refractivity contribution in [3.63, 3.8) is 0 Å². The number of aromatic nitrogens is 1. The number of nitrogens with one attached hydrogen (secondary N) is 2. The predicted octanol–water partition coefficient (Wildman–Crippen LogP) is 4.73. The van der Waals surface area contributed by atoms with Gasteiger partial charge in [0.25, 0.3) is 5.91 Å². The molecule has 0 aliphatic heterocycles. The molecule has 7 nitrogen and oxygen atoms in total. The molecule has 0 spiro atoms. The van der Waals surface area contributed by atoms with Crippen molar-refractivity contribution in [1.29, 1.82) is 0 Å². The van der Waals surface area contributed by atoms with Crippen LogP contribution in [0.4, 0.5) is 10.8 Å². The zero-order valence-corrected chi connectivity index (χ0v) is 19.2. The molecule has 4 N–H and O–H groups in total. The first-order valence-electron chi connectivity index (χ1n) is 11.0. The van der Waals surface area contributed by atoms with Gasteiger partial charge in [0.15, 0.2) is 5.13 Å². The minimum Gasteiger partial charge on any atom is -0.481 e. The molecule has 1 aromatic heterocycles. The van der Waals surface area contributed by atoms with Crippen LogP contribution in [0.5, 0.6) is 0 Å². The molecule has 2 aromatic carbocycles. The SMILES string of the molecule is O=C(O)Cc1csc(NC(=O)c2ccc(CNc3ccccc3CCCCCCO)cc2)n1. The summed E-state index contributed by atoms with van der Waals surface area (Å²) in [7, 11) is 0. The Morgan fingerprint density at radius 3 is 2.48 bits per heavy atom. The Morgan fingerprint density at radius 1 is 0.970 bits per heavy atom. The molecule has 174 valence electrons. The van der Waals surface area contributed by atoms with Crippen molar-refractivity contribution >= 4 is 34.0 Å². The Balaban J connectivity index is 1.51. The second-order valence-electron chi connectivity index (χ2n) is 7.76. The summed E-state index contributed by atoms with van der Waals surface area (Å²) >= 11 is 1.21. The first-order chi connectivity index (χ1) is 16.0. The molecule has 0 unspecified atom stereocenters. The smallest absolute Gasteiger partial charge is 0.309 e. The lowest BCUT2D eigenvalue weighted by molar-refractivity contribution is -0.136. The van der Waals surface area contributed by atoms with E-state index < -0.39 is 5.97 Å². The fourth-order valence-corrected chi connectivity index (χ4v) is 4.14. The molecule has 3 aromatic rings. The van der Waals surface area contributed by atoms with Crippen LogP contribution < -0.4 is 10.6 Å². The average Bonchev–Trinajstić information content (AvgIpc) is 3.24. The number of carbonyl (C=O) groups is 2. The van der Waals surface area contributed by atoms with Crippen LogP contribution in [0.3, 0.4) is 0 Å². The Kier molecular flexibility index (Phi) is 9.41. The van der Waals surface area contributed by atoms with Crippen molar-refractivity contribution in [2.45, 2.75) is 45.1 Å². The number of nitrogens with zero attached hydrogens (tertiary/aromatic N) is 1. The van der Waals surface area contributed by atoms with Crippen molar-refractivity contribution in [2.75, 3.05) is 17.2 Å². The molecule has 1 heterocycles. The number of carbonyl (C=O) groups excluding carboxylic acids is 1. The lowest BCUT2D eigenvalue weighted by atomic mass is 10.0. The summed E-state index contributed by atoms with van der Waals surface area (Å²) in [6, 6.07) is 15.7. The van der Waals surface area contributed by atoms with E-state index in [0.29, 0.717) is 22.9 Å². The number of aliphatic carboxylic acids is 1. The number of hydrogen-bond acceptors (Lipinski definition) is 6. The van der Waals surface area contributed by atoms with Crippen LogP contribution >= 0.6 is 11.3 Å². The first kappa shape index (κ1) is 24.4. The van der Waals surface area contributed by atoms with Gasteiger partial charge in [0.2, 0.25) is 0 Å². The summed E-state index contributed by atoms with van der Waals surface area (Å²) < 4.78 is 0. The minimum atomic E-state index is -0.956. The van der Waals surface area contributed by atoms with Crippen molar-refractivity contribution in [3.05, 3.63) is 76.3 Å². The average molecular weight is 468 g/mol. The van der Waals surface area contributed by atoms with Crippen LogP contribution in [0, 0.1) is 0 Å². The largest absolute Gasteiger partial charge is 0.481 e. The maximum atomic E-state index is 12.5. The monoisotopic (exact) mass is 467 g/mol. The second kappa shape index (κ2) is 12.7. The van der Waals surface area contributed by atoms with Crippen molar-refractivity contribution < 1.29 is 19.8 Å². The summed E-state index contributed by atoms with van der Waals surface area (Å²) in [6.45, 7) is 0.908. The van der Waals surface area contributed by atoms with Gasteiger partial charge < -0.3 is 15.5 Å². The summed E-state index contributed by atoms with van der Waals surface area (Å²) in [5.74, 6) is -1.24. The Morgan fingerprint density at radius 2 is 1.73 bits per heavy atom. The maximum Gasteiger partial charge on any atom is 0.309 e. The molecule has 0 fully saturated rings. The quantitative estimate of drug-likeness (QED) is 0.271. The molecule has 3 rings (SSSR count). The number of anilines is 2. The van der Waals surface area contributed by atoms with E-state index in [2.05, 4.69) is 33.8 Å². The maximum absolute atomic E-state index is 12.5. The van der Waals surface area contributed by atoms with Gasteiger partial charge in [-0.05, 0) is 48.6 Å². The number of amides is 1. The van der Waals surface area contributed by atoms with Crippen LogP contribution in [0.15, 0.2) is 53.9 Å². The number of hydrogen-bond donors (Lipinski definition) is 4. The summed E-state index contributed by atoms with van der Waals surface area (Å²) in [6.07, 6.45) is 4.96. The van der Waals surface area contributed by atoms with Gasteiger partial charge >= 0.3 is 5.97 Å². The van der Waals surface area contributed by atoms with E-state index in [1.54, 1.807) is 17.5 Å². The highest BCUT2D eigenvalue weighted by molar-refractivity contribution is 7.14. The number of carboxylic acids is 1. The Labute approximate surface area is 197 Å². The summed E-state index contributed by atoms with van der Waals surface area (Å²) in [5.41, 5.74) is 4.39. The van der Waals surface area contributed by atoms with Gasteiger partial charge in [0.1, 0.15) is 0 Å². The molecule has 0 aliphatic rings. The van der Waals surface area contributed by atoms with Crippen LogP contribution in [0.25, 0.3) is 0 Å². The zero-order valence-electron chi connectivity index (χ0n) is 18.4. The highest BCUT2D eigenvalue weighted by atomic mass is 32.1. The van der Waals surface area contributed by atoms with Gasteiger partial charge in [-0.15, -0.1) is 11.3 Å². The number of aryl methyl sites for hydroxylation is 1. The van der Waals surface area contributed by atoms with E-state index in [9.17, 15) is 9.59 Å². The van der Waals surface area contributed by atoms with Gasteiger partial charge in [-0.25, -0.2) is 4.98 Å². The minimum absolute atomic E-state index is 0.166. The normalized spacial score (nSPS) is 10.7. The molecule has 8 heteroatoms.